The maximum Gasteiger partial charge on any atom is 0.408 e. The molecule has 0 aliphatic carbocycles. The van der Waals surface area contributed by atoms with Crippen molar-refractivity contribution in [3.63, 3.8) is 0 Å². The summed E-state index contributed by atoms with van der Waals surface area (Å²) in [6.45, 7) is -0.606. The number of carbonyl (C=O) groups is 3. The van der Waals surface area contributed by atoms with Crippen LogP contribution in [-0.4, -0.2) is 53.6 Å². The minimum Gasteiger partial charge on any atom is -0.480 e. The van der Waals surface area contributed by atoms with E-state index in [1.165, 1.54) is 7.05 Å². The third-order valence-corrected chi connectivity index (χ3v) is 2.82. The second kappa shape index (κ2) is 5.45. The first-order chi connectivity index (χ1) is 8.62. The first-order valence-corrected chi connectivity index (χ1v) is 5.46. The van der Waals surface area contributed by atoms with Crippen molar-refractivity contribution in [1.29, 1.82) is 0 Å². The molecule has 108 valence electrons. The molecule has 0 unspecified atom stereocenters. The van der Waals surface area contributed by atoms with E-state index in [1.54, 1.807) is 5.32 Å². The summed E-state index contributed by atoms with van der Waals surface area (Å²) in [6, 6.07) is -1.95. The number of carboxylic acid groups (broad SMARTS) is 1. The Hall–Kier alpha value is -1.80. The van der Waals surface area contributed by atoms with Gasteiger partial charge in [0, 0.05) is 7.05 Å². The summed E-state index contributed by atoms with van der Waals surface area (Å²) in [5.41, 5.74) is 0. The van der Waals surface area contributed by atoms with Gasteiger partial charge in [-0.05, 0) is 12.8 Å². The zero-order valence-electron chi connectivity index (χ0n) is 10.0. The van der Waals surface area contributed by atoms with Crippen LogP contribution in [0.3, 0.4) is 0 Å². The number of likely N-dealkylation sites (N-methyl/N-ethyl adjacent to an activating group) is 1. The summed E-state index contributed by atoms with van der Waals surface area (Å²) < 4.78 is 37.2. The van der Waals surface area contributed by atoms with E-state index >= 15 is 0 Å². The van der Waals surface area contributed by atoms with Crippen molar-refractivity contribution < 1.29 is 32.7 Å². The number of piperidine rings is 1. The number of nitrogens with one attached hydrogen (secondary N) is 1. The zero-order valence-corrected chi connectivity index (χ0v) is 10.0. The second-order valence-corrected chi connectivity index (χ2v) is 4.32. The molecule has 1 heterocycles. The first-order valence-electron chi connectivity index (χ1n) is 5.46. The van der Waals surface area contributed by atoms with Crippen LogP contribution >= 0.6 is 0 Å². The number of halogens is 3. The number of alkyl halides is 3. The Morgan fingerprint density at radius 3 is 2.42 bits per heavy atom. The Kier molecular flexibility index (Phi) is 4.38. The number of rotatable bonds is 3. The van der Waals surface area contributed by atoms with Crippen molar-refractivity contribution in [3.8, 4) is 0 Å². The summed E-state index contributed by atoms with van der Waals surface area (Å²) in [5, 5.41) is 10.2. The highest BCUT2D eigenvalue weighted by Gasteiger charge is 2.46. The van der Waals surface area contributed by atoms with E-state index in [0.29, 0.717) is 0 Å². The predicted octanol–water partition coefficient (Wildman–Crippen LogP) is -0.0135. The molecule has 0 saturated carbocycles. The summed E-state index contributed by atoms with van der Waals surface area (Å²) in [6.07, 6.45) is -5.19. The number of nitrogens with zero attached hydrogens (tertiary/aromatic N) is 1. The van der Waals surface area contributed by atoms with Gasteiger partial charge in [0.2, 0.25) is 11.8 Å². The molecule has 1 fully saturated rings. The van der Waals surface area contributed by atoms with E-state index in [1.807, 2.05) is 0 Å². The van der Waals surface area contributed by atoms with Crippen molar-refractivity contribution in [2.75, 3.05) is 13.6 Å². The van der Waals surface area contributed by atoms with Crippen LogP contribution in [0, 0.1) is 5.92 Å². The molecule has 1 rings (SSSR count). The van der Waals surface area contributed by atoms with E-state index in [9.17, 15) is 27.6 Å². The summed E-state index contributed by atoms with van der Waals surface area (Å²) in [5.74, 6) is -4.33. The fraction of sp³-hybridized carbons (Fsp3) is 0.700. The molecule has 0 spiro atoms. The average molecular weight is 282 g/mol. The van der Waals surface area contributed by atoms with Gasteiger partial charge in [-0.15, -0.1) is 0 Å². The molecule has 2 N–H and O–H groups in total. The van der Waals surface area contributed by atoms with Crippen molar-refractivity contribution in [1.82, 2.24) is 10.2 Å². The molecule has 0 bridgehead atoms. The van der Waals surface area contributed by atoms with Crippen molar-refractivity contribution in [2.45, 2.75) is 25.1 Å². The zero-order chi connectivity index (χ0) is 14.8. The second-order valence-electron chi connectivity index (χ2n) is 4.32. The highest BCUT2D eigenvalue weighted by Crippen LogP contribution is 2.28. The lowest BCUT2D eigenvalue weighted by Gasteiger charge is -2.31. The van der Waals surface area contributed by atoms with Gasteiger partial charge in [-0.25, -0.2) is 0 Å². The largest absolute Gasteiger partial charge is 0.480 e. The lowest BCUT2D eigenvalue weighted by atomic mass is 9.92. The molecule has 1 aliphatic heterocycles. The Bertz CT molecular complexity index is 397. The van der Waals surface area contributed by atoms with Crippen LogP contribution in [-0.2, 0) is 14.4 Å². The molecule has 0 aromatic rings. The molecule has 2 atom stereocenters. The molecule has 1 saturated heterocycles. The normalized spacial score (nSPS) is 23.7. The van der Waals surface area contributed by atoms with E-state index in [2.05, 4.69) is 0 Å². The van der Waals surface area contributed by atoms with Gasteiger partial charge >= 0.3 is 12.1 Å². The van der Waals surface area contributed by atoms with Crippen LogP contribution < -0.4 is 5.32 Å². The maximum absolute atomic E-state index is 12.4. The van der Waals surface area contributed by atoms with Crippen LogP contribution in [0.4, 0.5) is 13.2 Å². The molecule has 0 aromatic heterocycles. The first kappa shape index (κ1) is 15.3. The lowest BCUT2D eigenvalue weighted by Crippen LogP contribution is -2.54. The van der Waals surface area contributed by atoms with Gasteiger partial charge < -0.3 is 15.3 Å². The number of carboxylic acids is 1. The molecule has 9 heteroatoms. The maximum atomic E-state index is 12.4. The standard InChI is InChI=1S/C10H13F3N2O4/c1-15(4-7(16)17)9(19)5-2-3-6(10(11,12)13)14-8(5)18/h5-6H,2-4H2,1H3,(H,14,18)(H,16,17)/t5-,6-/m0/s1. The predicted molar refractivity (Wildman–Crippen MR) is 56.0 cm³/mol. The lowest BCUT2D eigenvalue weighted by molar-refractivity contribution is -0.172. The van der Waals surface area contributed by atoms with Crippen molar-refractivity contribution >= 4 is 17.8 Å². The Balaban J connectivity index is 2.66. The van der Waals surface area contributed by atoms with Crippen LogP contribution in [0.1, 0.15) is 12.8 Å². The molecule has 6 nitrogen and oxygen atoms in total. The number of hydrogen-bond acceptors (Lipinski definition) is 3. The topological polar surface area (TPSA) is 86.7 Å². The van der Waals surface area contributed by atoms with Gasteiger partial charge in [0.05, 0.1) is 0 Å². The van der Waals surface area contributed by atoms with E-state index in [4.69, 9.17) is 5.11 Å². The van der Waals surface area contributed by atoms with Crippen LogP contribution in [0.15, 0.2) is 0 Å². The molecular weight excluding hydrogens is 269 g/mol. The molecular formula is C10H13F3N2O4. The van der Waals surface area contributed by atoms with Gasteiger partial charge in [0.1, 0.15) is 18.5 Å². The molecule has 1 aliphatic rings. The van der Waals surface area contributed by atoms with Gasteiger partial charge in [-0.1, -0.05) is 0 Å². The Morgan fingerprint density at radius 2 is 2.00 bits per heavy atom. The third kappa shape index (κ3) is 3.83. The fourth-order valence-electron chi connectivity index (χ4n) is 1.84. The highest BCUT2D eigenvalue weighted by molar-refractivity contribution is 6.01. The van der Waals surface area contributed by atoms with Crippen molar-refractivity contribution in [3.05, 3.63) is 0 Å². The highest BCUT2D eigenvalue weighted by atomic mass is 19.4. The SMILES string of the molecule is CN(CC(=O)O)C(=O)[C@H]1CC[C@@H](C(F)(F)F)NC1=O. The van der Waals surface area contributed by atoms with Crippen LogP contribution in [0.25, 0.3) is 0 Å². The smallest absolute Gasteiger partial charge is 0.408 e. The summed E-state index contributed by atoms with van der Waals surface area (Å²) >= 11 is 0. The van der Waals surface area contributed by atoms with Gasteiger partial charge in [0.15, 0.2) is 0 Å². The average Bonchev–Trinajstić information content (AvgIpc) is 2.25. The van der Waals surface area contributed by atoms with Gasteiger partial charge in [-0.2, -0.15) is 13.2 Å². The summed E-state index contributed by atoms with van der Waals surface area (Å²) in [4.78, 5) is 34.4. The number of carbonyl (C=O) groups excluding carboxylic acids is 2. The van der Waals surface area contributed by atoms with Crippen molar-refractivity contribution in [2.24, 2.45) is 5.92 Å². The molecule has 19 heavy (non-hydrogen) atoms. The quantitative estimate of drug-likeness (QED) is 0.713. The van der Waals surface area contributed by atoms with E-state index in [-0.39, 0.29) is 6.42 Å². The van der Waals surface area contributed by atoms with E-state index in [0.717, 1.165) is 4.90 Å². The molecule has 0 radical (unpaired) electrons. The Morgan fingerprint density at radius 1 is 1.42 bits per heavy atom. The van der Waals surface area contributed by atoms with Gasteiger partial charge in [0.25, 0.3) is 0 Å². The summed E-state index contributed by atoms with van der Waals surface area (Å²) in [7, 11) is 1.18. The number of hydrogen-bond donors (Lipinski definition) is 2. The monoisotopic (exact) mass is 282 g/mol. The van der Waals surface area contributed by atoms with Crippen LogP contribution in [0.2, 0.25) is 0 Å². The number of amides is 2. The minimum absolute atomic E-state index is 0.251. The fourth-order valence-corrected chi connectivity index (χ4v) is 1.84. The van der Waals surface area contributed by atoms with Gasteiger partial charge in [-0.3, -0.25) is 14.4 Å². The van der Waals surface area contributed by atoms with E-state index < -0.39 is 48.9 Å². The van der Waals surface area contributed by atoms with Crippen LogP contribution in [0.5, 0.6) is 0 Å². The number of aliphatic carboxylic acids is 1. The Labute approximate surface area is 106 Å². The minimum atomic E-state index is -4.54. The third-order valence-electron chi connectivity index (χ3n) is 2.82. The molecule has 2 amide bonds. The molecule has 0 aromatic carbocycles.